The summed E-state index contributed by atoms with van der Waals surface area (Å²) >= 11 is 5.66. The van der Waals surface area contributed by atoms with Crippen LogP contribution in [0.3, 0.4) is 0 Å². The van der Waals surface area contributed by atoms with E-state index < -0.39 is 0 Å². The highest BCUT2D eigenvalue weighted by Gasteiger charge is 2.28. The zero-order chi connectivity index (χ0) is 10.6. The maximum Gasteiger partial charge on any atom is 0.251 e. The molecule has 0 aromatic heterocycles. The lowest BCUT2D eigenvalue weighted by atomic mass is 10.2. The third kappa shape index (κ3) is 2.85. The van der Waals surface area contributed by atoms with Crippen molar-refractivity contribution in [3.8, 4) is 0 Å². The minimum atomic E-state index is -0.222. The molecule has 1 aliphatic rings. The first kappa shape index (κ1) is 11.8. The minimum absolute atomic E-state index is 0.0955. The summed E-state index contributed by atoms with van der Waals surface area (Å²) in [4.78, 5) is 13.7. The van der Waals surface area contributed by atoms with Crippen molar-refractivity contribution in [2.75, 3.05) is 19.0 Å². The van der Waals surface area contributed by atoms with Gasteiger partial charge < -0.3 is 9.64 Å². The second-order valence-electron chi connectivity index (χ2n) is 3.82. The molecule has 1 atom stereocenters. The van der Waals surface area contributed by atoms with E-state index in [0.717, 1.165) is 12.8 Å². The van der Waals surface area contributed by atoms with Crippen LogP contribution in [0.15, 0.2) is 0 Å². The Morgan fingerprint density at radius 1 is 1.64 bits per heavy atom. The molecule has 3 nitrogen and oxygen atoms in total. The van der Waals surface area contributed by atoms with Gasteiger partial charge in [0.25, 0.3) is 5.91 Å². The van der Waals surface area contributed by atoms with Gasteiger partial charge in [0.2, 0.25) is 0 Å². The molecule has 1 amide bonds. The Morgan fingerprint density at radius 3 is 2.79 bits per heavy atom. The van der Waals surface area contributed by atoms with Crippen molar-refractivity contribution in [3.05, 3.63) is 0 Å². The first-order chi connectivity index (χ1) is 6.66. The summed E-state index contributed by atoms with van der Waals surface area (Å²) in [6.45, 7) is 5.32. The van der Waals surface area contributed by atoms with Gasteiger partial charge in [0, 0.05) is 25.1 Å². The number of alkyl halides is 1. The van der Waals surface area contributed by atoms with Crippen molar-refractivity contribution in [1.29, 1.82) is 0 Å². The molecular weight excluding hydrogens is 202 g/mol. The van der Waals surface area contributed by atoms with E-state index in [0.29, 0.717) is 19.0 Å². The van der Waals surface area contributed by atoms with Crippen molar-refractivity contribution >= 4 is 17.5 Å². The molecule has 1 unspecified atom stereocenters. The van der Waals surface area contributed by atoms with Gasteiger partial charge in [0.15, 0.2) is 0 Å². The van der Waals surface area contributed by atoms with E-state index in [4.69, 9.17) is 16.3 Å². The second kappa shape index (κ2) is 5.56. The molecule has 1 aliphatic heterocycles. The van der Waals surface area contributed by atoms with Gasteiger partial charge in [-0.1, -0.05) is 0 Å². The van der Waals surface area contributed by atoms with Crippen molar-refractivity contribution < 1.29 is 9.53 Å². The Kier molecular flexibility index (Phi) is 4.69. The predicted octanol–water partition coefficient (Wildman–Crippen LogP) is 1.64. The topological polar surface area (TPSA) is 29.5 Å². The SMILES string of the molecule is CC(C)N(CCCl)C(=O)C1CCCO1. The van der Waals surface area contributed by atoms with Gasteiger partial charge in [0.05, 0.1) is 0 Å². The van der Waals surface area contributed by atoms with E-state index in [-0.39, 0.29) is 18.1 Å². The summed E-state index contributed by atoms with van der Waals surface area (Å²) in [5, 5.41) is 0. The summed E-state index contributed by atoms with van der Waals surface area (Å²) in [5.74, 6) is 0.578. The van der Waals surface area contributed by atoms with E-state index in [1.165, 1.54) is 0 Å². The fraction of sp³-hybridized carbons (Fsp3) is 0.900. The summed E-state index contributed by atoms with van der Waals surface area (Å²) in [7, 11) is 0. The van der Waals surface area contributed by atoms with Gasteiger partial charge in [-0.2, -0.15) is 0 Å². The average molecular weight is 220 g/mol. The van der Waals surface area contributed by atoms with Crippen molar-refractivity contribution in [1.82, 2.24) is 4.90 Å². The fourth-order valence-electron chi connectivity index (χ4n) is 1.67. The number of hydrogen-bond acceptors (Lipinski definition) is 2. The molecule has 0 aromatic carbocycles. The highest BCUT2D eigenvalue weighted by molar-refractivity contribution is 6.18. The summed E-state index contributed by atoms with van der Waals surface area (Å²) < 4.78 is 5.36. The summed E-state index contributed by atoms with van der Waals surface area (Å²) in [6.07, 6.45) is 1.62. The number of amides is 1. The number of nitrogens with zero attached hydrogens (tertiary/aromatic N) is 1. The Morgan fingerprint density at radius 2 is 2.36 bits per heavy atom. The zero-order valence-electron chi connectivity index (χ0n) is 8.83. The Labute approximate surface area is 90.4 Å². The monoisotopic (exact) mass is 219 g/mol. The smallest absolute Gasteiger partial charge is 0.251 e. The van der Waals surface area contributed by atoms with Crippen LogP contribution in [0.1, 0.15) is 26.7 Å². The first-order valence-electron chi connectivity index (χ1n) is 5.15. The van der Waals surface area contributed by atoms with Crippen molar-refractivity contribution in [2.24, 2.45) is 0 Å². The Balaban J connectivity index is 2.53. The van der Waals surface area contributed by atoms with Gasteiger partial charge >= 0.3 is 0 Å². The molecule has 82 valence electrons. The average Bonchev–Trinajstić information content (AvgIpc) is 2.65. The van der Waals surface area contributed by atoms with Crippen LogP contribution in [0, 0.1) is 0 Å². The van der Waals surface area contributed by atoms with E-state index in [2.05, 4.69) is 0 Å². The lowest BCUT2D eigenvalue weighted by Crippen LogP contribution is -2.44. The van der Waals surface area contributed by atoms with E-state index in [9.17, 15) is 4.79 Å². The number of halogens is 1. The molecule has 1 heterocycles. The number of rotatable bonds is 4. The molecule has 1 saturated heterocycles. The lowest BCUT2D eigenvalue weighted by molar-refractivity contribution is -0.142. The van der Waals surface area contributed by atoms with Crippen LogP contribution < -0.4 is 0 Å². The molecule has 14 heavy (non-hydrogen) atoms. The van der Waals surface area contributed by atoms with Crippen molar-refractivity contribution in [3.63, 3.8) is 0 Å². The maximum absolute atomic E-state index is 11.9. The molecule has 0 aliphatic carbocycles. The van der Waals surface area contributed by atoms with E-state index >= 15 is 0 Å². The molecule has 0 bridgehead atoms. The summed E-state index contributed by atoms with van der Waals surface area (Å²) in [5.41, 5.74) is 0. The van der Waals surface area contributed by atoms with Crippen molar-refractivity contribution in [2.45, 2.75) is 38.8 Å². The maximum atomic E-state index is 11.9. The second-order valence-corrected chi connectivity index (χ2v) is 4.19. The molecule has 1 fully saturated rings. The highest BCUT2D eigenvalue weighted by atomic mass is 35.5. The zero-order valence-corrected chi connectivity index (χ0v) is 9.59. The van der Waals surface area contributed by atoms with Gasteiger partial charge in [-0.25, -0.2) is 0 Å². The van der Waals surface area contributed by atoms with Gasteiger partial charge in [-0.05, 0) is 26.7 Å². The third-order valence-corrected chi connectivity index (χ3v) is 2.61. The van der Waals surface area contributed by atoms with Crippen LogP contribution in [0.25, 0.3) is 0 Å². The molecule has 4 heteroatoms. The number of carbonyl (C=O) groups excluding carboxylic acids is 1. The van der Waals surface area contributed by atoms with Gasteiger partial charge in [-0.15, -0.1) is 11.6 Å². The van der Waals surface area contributed by atoms with Gasteiger partial charge in [-0.3, -0.25) is 4.79 Å². The Bertz CT molecular complexity index is 191. The lowest BCUT2D eigenvalue weighted by Gasteiger charge is -2.28. The standard InChI is InChI=1S/C10H18ClNO2/c1-8(2)12(6-5-11)10(13)9-4-3-7-14-9/h8-9H,3-7H2,1-2H3. The molecule has 0 radical (unpaired) electrons. The van der Waals surface area contributed by atoms with Crippen LogP contribution >= 0.6 is 11.6 Å². The van der Waals surface area contributed by atoms with Crippen LogP contribution in [0.4, 0.5) is 0 Å². The number of ether oxygens (including phenoxy) is 1. The predicted molar refractivity (Wildman–Crippen MR) is 56.5 cm³/mol. The first-order valence-corrected chi connectivity index (χ1v) is 5.68. The molecule has 0 saturated carbocycles. The minimum Gasteiger partial charge on any atom is -0.368 e. The van der Waals surface area contributed by atoms with Gasteiger partial charge in [0.1, 0.15) is 6.10 Å². The molecule has 1 rings (SSSR count). The van der Waals surface area contributed by atoms with Crippen LogP contribution in [-0.2, 0) is 9.53 Å². The Hall–Kier alpha value is -0.280. The molecule has 0 spiro atoms. The van der Waals surface area contributed by atoms with E-state index in [1.807, 2.05) is 13.8 Å². The largest absolute Gasteiger partial charge is 0.368 e. The highest BCUT2D eigenvalue weighted by Crippen LogP contribution is 2.16. The molecule has 0 aromatic rings. The number of carbonyl (C=O) groups is 1. The molecule has 0 N–H and O–H groups in total. The quantitative estimate of drug-likeness (QED) is 0.673. The fourth-order valence-corrected chi connectivity index (χ4v) is 1.85. The van der Waals surface area contributed by atoms with Crippen LogP contribution in [-0.4, -0.2) is 42.0 Å². The molecular formula is C10H18ClNO2. The number of hydrogen-bond donors (Lipinski definition) is 0. The van der Waals surface area contributed by atoms with Crippen LogP contribution in [0.2, 0.25) is 0 Å². The third-order valence-electron chi connectivity index (χ3n) is 2.44. The van der Waals surface area contributed by atoms with Crippen LogP contribution in [0.5, 0.6) is 0 Å². The van der Waals surface area contributed by atoms with E-state index in [1.54, 1.807) is 4.90 Å². The summed E-state index contributed by atoms with van der Waals surface area (Å²) in [6, 6.07) is 0.199. The normalized spacial score (nSPS) is 21.6.